The van der Waals surface area contributed by atoms with E-state index in [4.69, 9.17) is 10.5 Å². The lowest BCUT2D eigenvalue weighted by Gasteiger charge is -2.03. The first-order valence-electron chi connectivity index (χ1n) is 5.57. The number of aryl methyl sites for hydroxylation is 1. The van der Waals surface area contributed by atoms with Crippen LogP contribution in [0.25, 0.3) is 10.9 Å². The fourth-order valence-corrected chi connectivity index (χ4v) is 1.73. The van der Waals surface area contributed by atoms with Crippen molar-refractivity contribution in [3.63, 3.8) is 0 Å². The molecule has 18 heavy (non-hydrogen) atoms. The van der Waals surface area contributed by atoms with Crippen LogP contribution in [0, 0.1) is 6.92 Å². The number of hydrogen-bond acceptors (Lipinski definition) is 4. The molecule has 2 aromatic heterocycles. The summed E-state index contributed by atoms with van der Waals surface area (Å²) in [7, 11) is 0. The maximum atomic E-state index is 5.72. The fraction of sp³-hybridized carbons (Fsp3) is 0.0769. The lowest BCUT2D eigenvalue weighted by atomic mass is 10.2. The van der Waals surface area contributed by atoms with Gasteiger partial charge in [-0.2, -0.15) is 0 Å². The Morgan fingerprint density at radius 1 is 1.11 bits per heavy atom. The van der Waals surface area contributed by atoms with Crippen LogP contribution < -0.4 is 10.5 Å². The molecule has 0 saturated carbocycles. The van der Waals surface area contributed by atoms with Gasteiger partial charge in [0.2, 0.25) is 11.8 Å². The zero-order valence-electron chi connectivity index (χ0n) is 9.84. The minimum absolute atomic E-state index is 0.509. The number of hydrogen-bond donors (Lipinski definition) is 2. The van der Waals surface area contributed by atoms with Gasteiger partial charge in [-0.3, -0.25) is 5.10 Å². The Hall–Kier alpha value is -2.56. The Morgan fingerprint density at radius 2 is 2.00 bits per heavy atom. The Bertz CT molecular complexity index is 705. The molecule has 90 valence electrons. The molecule has 0 aliphatic carbocycles. The maximum Gasteiger partial charge on any atom is 0.240 e. The standard InChI is InChI=1S/C13H12N4O/c1-8-6-13(17-16-8)18-12-5-2-9-7-10(14)3-4-11(9)15-12/h2-7H,14H2,1H3,(H,16,17). The molecule has 0 amide bonds. The van der Waals surface area contributed by atoms with E-state index in [2.05, 4.69) is 15.2 Å². The highest BCUT2D eigenvalue weighted by Gasteiger charge is 2.03. The highest BCUT2D eigenvalue weighted by Crippen LogP contribution is 2.22. The number of aromatic nitrogens is 3. The topological polar surface area (TPSA) is 76.8 Å². The number of rotatable bonds is 2. The van der Waals surface area contributed by atoms with Gasteiger partial charge in [-0.25, -0.2) is 4.98 Å². The van der Waals surface area contributed by atoms with Gasteiger partial charge in [0.1, 0.15) is 0 Å². The van der Waals surface area contributed by atoms with Crippen LogP contribution in [0.3, 0.4) is 0 Å². The van der Waals surface area contributed by atoms with Crippen molar-refractivity contribution < 1.29 is 4.74 Å². The molecule has 3 aromatic rings. The Morgan fingerprint density at radius 3 is 2.78 bits per heavy atom. The van der Waals surface area contributed by atoms with E-state index in [0.717, 1.165) is 22.3 Å². The monoisotopic (exact) mass is 240 g/mol. The molecule has 0 aliphatic heterocycles. The second-order valence-corrected chi connectivity index (χ2v) is 4.09. The average Bonchev–Trinajstić information content (AvgIpc) is 2.75. The molecule has 3 N–H and O–H groups in total. The summed E-state index contributed by atoms with van der Waals surface area (Å²) in [5.41, 5.74) is 8.22. The molecule has 3 rings (SSSR count). The summed E-state index contributed by atoms with van der Waals surface area (Å²) in [6.45, 7) is 1.91. The van der Waals surface area contributed by atoms with Crippen molar-refractivity contribution in [3.05, 3.63) is 42.1 Å². The molecule has 1 aromatic carbocycles. The van der Waals surface area contributed by atoms with E-state index in [1.54, 1.807) is 6.07 Å². The van der Waals surface area contributed by atoms with E-state index >= 15 is 0 Å². The molecule has 0 spiro atoms. The van der Waals surface area contributed by atoms with Crippen molar-refractivity contribution >= 4 is 16.6 Å². The number of H-pyrrole nitrogens is 1. The summed E-state index contributed by atoms with van der Waals surface area (Å²) < 4.78 is 5.55. The number of anilines is 1. The fourth-order valence-electron chi connectivity index (χ4n) is 1.73. The van der Waals surface area contributed by atoms with E-state index in [1.807, 2.05) is 37.3 Å². The zero-order valence-corrected chi connectivity index (χ0v) is 9.84. The molecule has 2 heterocycles. The normalized spacial score (nSPS) is 10.7. The highest BCUT2D eigenvalue weighted by molar-refractivity contribution is 5.82. The smallest absolute Gasteiger partial charge is 0.240 e. The van der Waals surface area contributed by atoms with Crippen molar-refractivity contribution in [2.24, 2.45) is 0 Å². The lowest BCUT2D eigenvalue weighted by Crippen LogP contribution is -1.90. The third-order valence-corrected chi connectivity index (χ3v) is 2.58. The van der Waals surface area contributed by atoms with Crippen molar-refractivity contribution in [3.8, 4) is 11.8 Å². The Kier molecular flexibility index (Phi) is 2.37. The van der Waals surface area contributed by atoms with Crippen LogP contribution in [0.4, 0.5) is 5.69 Å². The minimum atomic E-state index is 0.509. The minimum Gasteiger partial charge on any atom is -0.419 e. The zero-order chi connectivity index (χ0) is 12.5. The summed E-state index contributed by atoms with van der Waals surface area (Å²) >= 11 is 0. The SMILES string of the molecule is Cc1cc(Oc2ccc3cc(N)ccc3n2)n[nH]1. The molecule has 0 bridgehead atoms. The summed E-state index contributed by atoms with van der Waals surface area (Å²) in [6, 6.07) is 11.1. The molecule has 0 atom stereocenters. The van der Waals surface area contributed by atoms with E-state index in [0.29, 0.717) is 11.8 Å². The Labute approximate surface area is 104 Å². The van der Waals surface area contributed by atoms with Crippen molar-refractivity contribution in [2.45, 2.75) is 6.92 Å². The summed E-state index contributed by atoms with van der Waals surface area (Å²) in [6.07, 6.45) is 0. The number of nitrogens with two attached hydrogens (primary N) is 1. The number of fused-ring (bicyclic) bond motifs is 1. The van der Waals surface area contributed by atoms with Crippen LogP contribution >= 0.6 is 0 Å². The molecule has 5 nitrogen and oxygen atoms in total. The third-order valence-electron chi connectivity index (χ3n) is 2.58. The second kappa shape index (κ2) is 4.03. The predicted octanol–water partition coefficient (Wildman–Crippen LogP) is 2.64. The number of benzene rings is 1. The lowest BCUT2D eigenvalue weighted by molar-refractivity contribution is 0.445. The molecule has 0 fully saturated rings. The molecule has 0 aliphatic rings. The molecule has 0 radical (unpaired) electrons. The van der Waals surface area contributed by atoms with Crippen molar-refractivity contribution in [2.75, 3.05) is 5.73 Å². The Balaban J connectivity index is 1.96. The number of nitrogens with one attached hydrogen (secondary N) is 1. The second-order valence-electron chi connectivity index (χ2n) is 4.09. The van der Waals surface area contributed by atoms with Gasteiger partial charge in [-0.1, -0.05) is 0 Å². The van der Waals surface area contributed by atoms with Crippen LogP contribution in [0.2, 0.25) is 0 Å². The number of pyridine rings is 1. The summed E-state index contributed by atoms with van der Waals surface area (Å²) in [4.78, 5) is 4.39. The van der Waals surface area contributed by atoms with E-state index < -0.39 is 0 Å². The van der Waals surface area contributed by atoms with Gasteiger partial charge in [0, 0.05) is 28.9 Å². The van der Waals surface area contributed by atoms with Gasteiger partial charge in [0.15, 0.2) is 0 Å². The predicted molar refractivity (Wildman–Crippen MR) is 69.6 cm³/mol. The third kappa shape index (κ3) is 1.98. The number of ether oxygens (including phenoxy) is 1. The van der Waals surface area contributed by atoms with E-state index in [1.165, 1.54) is 0 Å². The molecular formula is C13H12N4O. The molecule has 0 unspecified atom stereocenters. The highest BCUT2D eigenvalue weighted by atomic mass is 16.5. The molecule has 5 heteroatoms. The number of nitrogen functional groups attached to an aromatic ring is 1. The first-order chi connectivity index (χ1) is 8.70. The van der Waals surface area contributed by atoms with E-state index in [-0.39, 0.29) is 0 Å². The van der Waals surface area contributed by atoms with Gasteiger partial charge in [0.25, 0.3) is 0 Å². The van der Waals surface area contributed by atoms with Gasteiger partial charge in [0.05, 0.1) is 5.52 Å². The summed E-state index contributed by atoms with van der Waals surface area (Å²) in [5.74, 6) is 1.02. The largest absolute Gasteiger partial charge is 0.419 e. The first-order valence-corrected chi connectivity index (χ1v) is 5.57. The van der Waals surface area contributed by atoms with Crippen LogP contribution in [0.15, 0.2) is 36.4 Å². The maximum absolute atomic E-state index is 5.72. The number of aromatic amines is 1. The number of nitrogens with zero attached hydrogens (tertiary/aromatic N) is 2. The van der Waals surface area contributed by atoms with Crippen LogP contribution in [-0.4, -0.2) is 15.2 Å². The van der Waals surface area contributed by atoms with Crippen LogP contribution in [-0.2, 0) is 0 Å². The average molecular weight is 240 g/mol. The molecule has 0 saturated heterocycles. The van der Waals surface area contributed by atoms with Gasteiger partial charge < -0.3 is 10.5 Å². The van der Waals surface area contributed by atoms with Crippen molar-refractivity contribution in [1.29, 1.82) is 0 Å². The van der Waals surface area contributed by atoms with Gasteiger partial charge in [-0.15, -0.1) is 5.10 Å². The first kappa shape index (κ1) is 10.6. The molecular weight excluding hydrogens is 228 g/mol. The van der Waals surface area contributed by atoms with Crippen LogP contribution in [0.1, 0.15) is 5.69 Å². The van der Waals surface area contributed by atoms with Gasteiger partial charge >= 0.3 is 0 Å². The summed E-state index contributed by atoms with van der Waals surface area (Å²) in [5, 5.41) is 7.80. The van der Waals surface area contributed by atoms with E-state index in [9.17, 15) is 0 Å². The van der Waals surface area contributed by atoms with Gasteiger partial charge in [-0.05, 0) is 31.2 Å². The quantitative estimate of drug-likeness (QED) is 0.675. The van der Waals surface area contributed by atoms with Crippen LogP contribution in [0.5, 0.6) is 11.8 Å². The van der Waals surface area contributed by atoms with Crippen molar-refractivity contribution in [1.82, 2.24) is 15.2 Å².